The number of hydrogen-bond donors (Lipinski definition) is 3. The predicted molar refractivity (Wildman–Crippen MR) is 85.0 cm³/mol. The molecule has 20 heavy (non-hydrogen) atoms. The van der Waals surface area contributed by atoms with Crippen molar-refractivity contribution in [2.45, 2.75) is 40.2 Å². The Morgan fingerprint density at radius 1 is 1.30 bits per heavy atom. The Labute approximate surface area is 122 Å². The molecule has 0 bridgehead atoms. The zero-order chi connectivity index (χ0) is 14.8. The van der Waals surface area contributed by atoms with Gasteiger partial charge in [0.2, 0.25) is 0 Å². The molecule has 0 unspecified atom stereocenters. The molecule has 1 aromatic carbocycles. The van der Waals surface area contributed by atoms with Crippen LogP contribution in [0.4, 0.5) is 0 Å². The van der Waals surface area contributed by atoms with Crippen molar-refractivity contribution in [1.82, 2.24) is 10.6 Å². The SMILES string of the molecule is CCNC(=NCc1cccc(O)c1)NCCCC(C)C. The van der Waals surface area contributed by atoms with Gasteiger partial charge in [-0.25, -0.2) is 4.99 Å². The molecular weight excluding hydrogens is 250 g/mol. The standard InChI is InChI=1S/C16H27N3O/c1-4-17-16(18-10-6-7-13(2)3)19-12-14-8-5-9-15(20)11-14/h5,8-9,11,13,20H,4,6-7,10,12H2,1-3H3,(H2,17,18,19). The van der Waals surface area contributed by atoms with E-state index in [2.05, 4.69) is 36.4 Å². The van der Waals surface area contributed by atoms with Crippen LogP contribution < -0.4 is 10.6 Å². The molecule has 0 radical (unpaired) electrons. The van der Waals surface area contributed by atoms with E-state index in [0.717, 1.165) is 37.0 Å². The monoisotopic (exact) mass is 277 g/mol. The van der Waals surface area contributed by atoms with Crippen LogP contribution in [0, 0.1) is 5.92 Å². The summed E-state index contributed by atoms with van der Waals surface area (Å²) in [6, 6.07) is 7.21. The number of aliphatic imine (C=N–C) groups is 1. The Bertz CT molecular complexity index is 416. The van der Waals surface area contributed by atoms with E-state index in [0.29, 0.717) is 6.54 Å². The number of nitrogens with zero attached hydrogens (tertiary/aromatic N) is 1. The summed E-state index contributed by atoms with van der Waals surface area (Å²) in [7, 11) is 0. The van der Waals surface area contributed by atoms with Gasteiger partial charge in [0.15, 0.2) is 5.96 Å². The van der Waals surface area contributed by atoms with Crippen LogP contribution in [0.3, 0.4) is 0 Å². The van der Waals surface area contributed by atoms with Gasteiger partial charge >= 0.3 is 0 Å². The first-order valence-corrected chi connectivity index (χ1v) is 7.42. The topological polar surface area (TPSA) is 56.7 Å². The number of rotatable bonds is 7. The average Bonchev–Trinajstić information content (AvgIpc) is 2.40. The number of phenols is 1. The lowest BCUT2D eigenvalue weighted by atomic mass is 10.1. The fraction of sp³-hybridized carbons (Fsp3) is 0.562. The molecule has 4 nitrogen and oxygen atoms in total. The summed E-state index contributed by atoms with van der Waals surface area (Å²) in [6.45, 7) is 8.87. The summed E-state index contributed by atoms with van der Waals surface area (Å²) in [4.78, 5) is 4.52. The van der Waals surface area contributed by atoms with E-state index in [1.54, 1.807) is 12.1 Å². The minimum absolute atomic E-state index is 0.285. The molecule has 0 fully saturated rings. The molecule has 0 heterocycles. The molecule has 3 N–H and O–H groups in total. The van der Waals surface area contributed by atoms with Gasteiger partial charge in [0.05, 0.1) is 6.54 Å². The van der Waals surface area contributed by atoms with Crippen molar-refractivity contribution in [1.29, 1.82) is 0 Å². The van der Waals surface area contributed by atoms with Gasteiger partial charge in [-0.05, 0) is 43.4 Å². The summed E-state index contributed by atoms with van der Waals surface area (Å²) < 4.78 is 0. The van der Waals surface area contributed by atoms with Crippen LogP contribution in [-0.2, 0) is 6.54 Å². The lowest BCUT2D eigenvalue weighted by molar-refractivity contribution is 0.474. The molecule has 0 spiro atoms. The fourth-order valence-corrected chi connectivity index (χ4v) is 1.88. The molecule has 0 saturated heterocycles. The first kappa shape index (κ1) is 16.3. The lowest BCUT2D eigenvalue weighted by Crippen LogP contribution is -2.37. The van der Waals surface area contributed by atoms with Gasteiger partial charge in [-0.2, -0.15) is 0 Å². The van der Waals surface area contributed by atoms with Crippen molar-refractivity contribution < 1.29 is 5.11 Å². The fourth-order valence-electron chi connectivity index (χ4n) is 1.88. The third-order valence-corrected chi connectivity index (χ3v) is 2.93. The molecule has 4 heteroatoms. The van der Waals surface area contributed by atoms with E-state index >= 15 is 0 Å². The molecule has 0 aliphatic rings. The maximum Gasteiger partial charge on any atom is 0.191 e. The number of benzene rings is 1. The van der Waals surface area contributed by atoms with Crippen molar-refractivity contribution in [2.24, 2.45) is 10.9 Å². The van der Waals surface area contributed by atoms with Crippen molar-refractivity contribution in [2.75, 3.05) is 13.1 Å². The summed E-state index contributed by atoms with van der Waals surface area (Å²) >= 11 is 0. The van der Waals surface area contributed by atoms with Crippen molar-refractivity contribution in [3.8, 4) is 5.75 Å². The van der Waals surface area contributed by atoms with E-state index in [9.17, 15) is 5.11 Å². The highest BCUT2D eigenvalue weighted by Crippen LogP contribution is 2.11. The van der Waals surface area contributed by atoms with Gasteiger partial charge in [0.1, 0.15) is 5.75 Å². The smallest absolute Gasteiger partial charge is 0.191 e. The summed E-state index contributed by atoms with van der Waals surface area (Å²) in [5.74, 6) is 1.86. The molecule has 0 aromatic heterocycles. The van der Waals surface area contributed by atoms with E-state index in [4.69, 9.17) is 0 Å². The average molecular weight is 277 g/mol. The zero-order valence-corrected chi connectivity index (χ0v) is 12.8. The van der Waals surface area contributed by atoms with Crippen LogP contribution in [0.15, 0.2) is 29.3 Å². The normalized spacial score (nSPS) is 11.7. The molecule has 0 atom stereocenters. The number of phenolic OH excluding ortho intramolecular Hbond substituents is 1. The molecule has 0 aliphatic heterocycles. The Balaban J connectivity index is 2.45. The molecular formula is C16H27N3O. The van der Waals surface area contributed by atoms with E-state index in [-0.39, 0.29) is 5.75 Å². The predicted octanol–water partition coefficient (Wildman–Crippen LogP) is 2.88. The summed E-state index contributed by atoms with van der Waals surface area (Å²) in [5.41, 5.74) is 1.00. The van der Waals surface area contributed by atoms with Crippen LogP contribution in [0.2, 0.25) is 0 Å². The van der Waals surface area contributed by atoms with Crippen LogP contribution in [-0.4, -0.2) is 24.2 Å². The Morgan fingerprint density at radius 2 is 2.10 bits per heavy atom. The van der Waals surface area contributed by atoms with Crippen molar-refractivity contribution >= 4 is 5.96 Å². The molecule has 0 saturated carbocycles. The first-order valence-electron chi connectivity index (χ1n) is 7.42. The molecule has 112 valence electrons. The highest BCUT2D eigenvalue weighted by Gasteiger charge is 1.99. The highest BCUT2D eigenvalue weighted by molar-refractivity contribution is 5.79. The minimum atomic E-state index is 0.285. The number of guanidine groups is 1. The van der Waals surface area contributed by atoms with Crippen molar-refractivity contribution in [3.63, 3.8) is 0 Å². The second-order valence-electron chi connectivity index (χ2n) is 5.33. The maximum atomic E-state index is 9.43. The van der Waals surface area contributed by atoms with Gasteiger partial charge in [-0.1, -0.05) is 26.0 Å². The summed E-state index contributed by atoms with van der Waals surface area (Å²) in [5, 5.41) is 16.0. The van der Waals surface area contributed by atoms with Gasteiger partial charge in [0, 0.05) is 13.1 Å². The number of aromatic hydroxyl groups is 1. The number of hydrogen-bond acceptors (Lipinski definition) is 2. The van der Waals surface area contributed by atoms with Gasteiger partial charge in [-0.15, -0.1) is 0 Å². The van der Waals surface area contributed by atoms with Crippen LogP contribution >= 0.6 is 0 Å². The van der Waals surface area contributed by atoms with Crippen LogP contribution in [0.5, 0.6) is 5.75 Å². The molecule has 1 rings (SSSR count). The maximum absolute atomic E-state index is 9.43. The third kappa shape index (κ3) is 7.02. The van der Waals surface area contributed by atoms with Gasteiger partial charge in [0.25, 0.3) is 0 Å². The molecule has 0 aliphatic carbocycles. The van der Waals surface area contributed by atoms with E-state index < -0.39 is 0 Å². The zero-order valence-electron chi connectivity index (χ0n) is 12.8. The van der Waals surface area contributed by atoms with Crippen molar-refractivity contribution in [3.05, 3.63) is 29.8 Å². The van der Waals surface area contributed by atoms with Gasteiger partial charge in [-0.3, -0.25) is 0 Å². The first-order chi connectivity index (χ1) is 9.61. The lowest BCUT2D eigenvalue weighted by Gasteiger charge is -2.12. The quantitative estimate of drug-likeness (QED) is 0.408. The Morgan fingerprint density at radius 3 is 2.75 bits per heavy atom. The van der Waals surface area contributed by atoms with Crippen LogP contribution in [0.1, 0.15) is 39.2 Å². The second-order valence-corrected chi connectivity index (χ2v) is 5.33. The highest BCUT2D eigenvalue weighted by atomic mass is 16.3. The van der Waals surface area contributed by atoms with Crippen LogP contribution in [0.25, 0.3) is 0 Å². The molecule has 1 aromatic rings. The molecule has 0 amide bonds. The van der Waals surface area contributed by atoms with Gasteiger partial charge < -0.3 is 15.7 Å². The second kappa shape index (κ2) is 9.23. The van der Waals surface area contributed by atoms with E-state index in [1.807, 2.05) is 12.1 Å². The number of nitrogens with one attached hydrogen (secondary N) is 2. The Kier molecular flexibility index (Phi) is 7.55. The van der Waals surface area contributed by atoms with E-state index in [1.165, 1.54) is 6.42 Å². The summed E-state index contributed by atoms with van der Waals surface area (Å²) in [6.07, 6.45) is 2.37. The largest absolute Gasteiger partial charge is 0.508 e. The third-order valence-electron chi connectivity index (χ3n) is 2.93. The minimum Gasteiger partial charge on any atom is -0.508 e. The Hall–Kier alpha value is -1.71.